The van der Waals surface area contributed by atoms with Gasteiger partial charge in [0.1, 0.15) is 5.00 Å². The van der Waals surface area contributed by atoms with Gasteiger partial charge in [0.05, 0.1) is 11.7 Å². The molecular weight excluding hydrogens is 479 g/mol. The highest BCUT2D eigenvalue weighted by Gasteiger charge is 2.43. The van der Waals surface area contributed by atoms with Crippen molar-refractivity contribution in [2.24, 2.45) is 17.8 Å². The molecule has 0 radical (unpaired) electrons. The van der Waals surface area contributed by atoms with Gasteiger partial charge >= 0.3 is 12.4 Å². The highest BCUT2D eigenvalue weighted by molar-refractivity contribution is 7.10. The molecule has 0 spiro atoms. The van der Waals surface area contributed by atoms with Crippen molar-refractivity contribution >= 4 is 16.5 Å². The Morgan fingerprint density at radius 2 is 1.80 bits per heavy atom. The predicted molar refractivity (Wildman–Crippen MR) is 126 cm³/mol. The van der Waals surface area contributed by atoms with Crippen LogP contribution >= 0.6 is 11.5 Å². The molecule has 35 heavy (non-hydrogen) atoms. The molecule has 7 nitrogen and oxygen atoms in total. The molecule has 1 saturated carbocycles. The Balaban J connectivity index is 1.33. The summed E-state index contributed by atoms with van der Waals surface area (Å²) in [5.74, 6) is 1.76. The molecule has 1 aliphatic heterocycles. The number of alkyl halides is 3. The standard InChI is InChI=1S/C24H28F3N5O2S/c1-14(2)32-23(33-19-6-4-5-7-20(19)34-24(25,26)27)28-21(29-32)11-18-16-8-9-17(18)13-31(12-16)22-10-15(3)30-35-22/h4-7,10,14,16-18H,8-9,11-13H2,1-3H3/t16-,17+,18?. The molecule has 1 unspecified atom stereocenters. The number of nitrogens with zero attached hydrogens (tertiary/aromatic N) is 5. The van der Waals surface area contributed by atoms with E-state index < -0.39 is 12.1 Å². The summed E-state index contributed by atoms with van der Waals surface area (Å²) in [5, 5.41) is 5.91. The first-order valence-electron chi connectivity index (χ1n) is 11.8. The first kappa shape index (κ1) is 23.9. The minimum absolute atomic E-state index is 0.0566. The number of aryl methyl sites for hydroxylation is 1. The molecule has 5 rings (SSSR count). The Morgan fingerprint density at radius 1 is 1.11 bits per heavy atom. The minimum Gasteiger partial charge on any atom is -0.420 e. The van der Waals surface area contributed by atoms with Gasteiger partial charge in [-0.15, -0.1) is 13.2 Å². The summed E-state index contributed by atoms with van der Waals surface area (Å²) in [4.78, 5) is 7.06. The number of aromatic nitrogens is 4. The normalized spacial score (nSPS) is 22.1. The molecule has 1 saturated heterocycles. The number of hydrogen-bond acceptors (Lipinski definition) is 7. The van der Waals surface area contributed by atoms with Crippen molar-refractivity contribution in [3.05, 3.63) is 41.9 Å². The average molecular weight is 508 g/mol. The smallest absolute Gasteiger partial charge is 0.420 e. The van der Waals surface area contributed by atoms with Gasteiger partial charge in [0, 0.05) is 19.5 Å². The van der Waals surface area contributed by atoms with E-state index in [0.29, 0.717) is 23.6 Å². The second-order valence-electron chi connectivity index (χ2n) is 9.62. The lowest BCUT2D eigenvalue weighted by molar-refractivity contribution is -0.275. The number of piperidine rings is 1. The summed E-state index contributed by atoms with van der Waals surface area (Å²) >= 11 is 1.56. The highest BCUT2D eigenvalue weighted by Crippen LogP contribution is 2.45. The van der Waals surface area contributed by atoms with Gasteiger partial charge < -0.3 is 14.4 Å². The molecule has 2 aromatic heterocycles. The molecule has 1 aliphatic carbocycles. The zero-order valence-electron chi connectivity index (χ0n) is 19.8. The van der Waals surface area contributed by atoms with Crippen LogP contribution in [0.1, 0.15) is 44.2 Å². The number of fused-ring (bicyclic) bond motifs is 2. The summed E-state index contributed by atoms with van der Waals surface area (Å²) in [7, 11) is 0. The maximum absolute atomic E-state index is 12.8. The Morgan fingerprint density at radius 3 is 2.40 bits per heavy atom. The summed E-state index contributed by atoms with van der Waals surface area (Å²) in [6.45, 7) is 7.88. The fourth-order valence-electron chi connectivity index (χ4n) is 5.24. The molecule has 3 heterocycles. The first-order chi connectivity index (χ1) is 16.7. The van der Waals surface area contributed by atoms with Gasteiger partial charge in [0.15, 0.2) is 17.3 Å². The van der Waals surface area contributed by atoms with Gasteiger partial charge in [0.2, 0.25) is 0 Å². The van der Waals surface area contributed by atoms with Crippen molar-refractivity contribution < 1.29 is 22.6 Å². The number of ether oxygens (including phenoxy) is 2. The number of anilines is 1. The van der Waals surface area contributed by atoms with E-state index in [1.54, 1.807) is 22.3 Å². The third-order valence-electron chi connectivity index (χ3n) is 6.78. The van der Waals surface area contributed by atoms with Crippen LogP contribution in [-0.2, 0) is 6.42 Å². The molecule has 0 amide bonds. The van der Waals surface area contributed by atoms with Gasteiger partial charge in [-0.1, -0.05) is 12.1 Å². The van der Waals surface area contributed by atoms with Crippen molar-refractivity contribution in [2.45, 2.75) is 52.4 Å². The molecule has 2 bridgehead atoms. The van der Waals surface area contributed by atoms with E-state index in [9.17, 15) is 13.2 Å². The SMILES string of the molecule is Cc1cc(N2C[C@H]3CC[C@@H](C2)C3Cc2nc(Oc3ccccc3OC(F)(F)F)n(C(C)C)n2)sn1. The molecule has 2 aliphatic rings. The van der Waals surface area contributed by atoms with Crippen molar-refractivity contribution in [2.75, 3.05) is 18.0 Å². The van der Waals surface area contributed by atoms with Crippen molar-refractivity contribution in [1.29, 1.82) is 0 Å². The van der Waals surface area contributed by atoms with Gasteiger partial charge in [-0.25, -0.2) is 4.68 Å². The third-order valence-corrected chi connectivity index (χ3v) is 7.73. The summed E-state index contributed by atoms with van der Waals surface area (Å²) in [5.41, 5.74) is 1.05. The van der Waals surface area contributed by atoms with Crippen LogP contribution in [-0.4, -0.2) is 38.6 Å². The van der Waals surface area contributed by atoms with Gasteiger partial charge in [0.25, 0.3) is 0 Å². The largest absolute Gasteiger partial charge is 0.573 e. The van der Waals surface area contributed by atoms with Crippen LogP contribution in [0.2, 0.25) is 0 Å². The molecule has 188 valence electrons. The average Bonchev–Trinajstić information content (AvgIpc) is 3.45. The fraction of sp³-hybridized carbons (Fsp3) is 0.542. The molecule has 2 fully saturated rings. The fourth-order valence-corrected chi connectivity index (χ4v) is 6.02. The minimum atomic E-state index is -4.82. The number of benzene rings is 1. The van der Waals surface area contributed by atoms with Crippen molar-refractivity contribution in [3.8, 4) is 17.5 Å². The monoisotopic (exact) mass is 507 g/mol. The Hall–Kier alpha value is -2.82. The number of rotatable bonds is 7. The topological polar surface area (TPSA) is 65.3 Å². The van der Waals surface area contributed by atoms with E-state index in [1.807, 2.05) is 20.8 Å². The van der Waals surface area contributed by atoms with Crippen LogP contribution < -0.4 is 14.4 Å². The second kappa shape index (κ2) is 9.33. The van der Waals surface area contributed by atoms with Crippen LogP contribution in [0.25, 0.3) is 0 Å². The molecule has 11 heteroatoms. The lowest BCUT2D eigenvalue weighted by Crippen LogP contribution is -2.42. The highest BCUT2D eigenvalue weighted by atomic mass is 32.1. The maximum atomic E-state index is 12.8. The van der Waals surface area contributed by atoms with Gasteiger partial charge in [-0.2, -0.15) is 14.5 Å². The maximum Gasteiger partial charge on any atom is 0.573 e. The van der Waals surface area contributed by atoms with E-state index in [2.05, 4.69) is 30.2 Å². The predicted octanol–water partition coefficient (Wildman–Crippen LogP) is 6.02. The number of hydrogen-bond donors (Lipinski definition) is 0. The zero-order chi connectivity index (χ0) is 24.7. The third kappa shape index (κ3) is 5.24. The van der Waals surface area contributed by atoms with Crippen LogP contribution in [0.15, 0.2) is 30.3 Å². The molecule has 3 atom stereocenters. The quantitative estimate of drug-likeness (QED) is 0.390. The summed E-state index contributed by atoms with van der Waals surface area (Å²) in [6, 6.07) is 7.94. The molecule has 0 N–H and O–H groups in total. The van der Waals surface area contributed by atoms with E-state index in [-0.39, 0.29) is 17.8 Å². The molecule has 1 aromatic carbocycles. The summed E-state index contributed by atoms with van der Waals surface area (Å²) < 4.78 is 54.5. The second-order valence-corrected chi connectivity index (χ2v) is 10.4. The lowest BCUT2D eigenvalue weighted by Gasteiger charge is -2.38. The summed E-state index contributed by atoms with van der Waals surface area (Å²) in [6.07, 6.45) is -1.73. The van der Waals surface area contributed by atoms with Crippen LogP contribution in [0.5, 0.6) is 17.5 Å². The number of halogens is 3. The Labute approximate surface area is 206 Å². The first-order valence-corrected chi connectivity index (χ1v) is 12.6. The molecular formula is C24H28F3N5O2S. The van der Waals surface area contributed by atoms with E-state index in [0.717, 1.165) is 25.2 Å². The van der Waals surface area contributed by atoms with E-state index in [1.165, 1.54) is 36.0 Å². The van der Waals surface area contributed by atoms with Gasteiger partial charge in [-0.3, -0.25) is 0 Å². The van der Waals surface area contributed by atoms with Crippen molar-refractivity contribution in [1.82, 2.24) is 19.1 Å². The number of para-hydroxylation sites is 2. The van der Waals surface area contributed by atoms with Crippen LogP contribution in [0, 0.1) is 24.7 Å². The Kier molecular flexibility index (Phi) is 6.37. The van der Waals surface area contributed by atoms with Crippen LogP contribution in [0.3, 0.4) is 0 Å². The zero-order valence-corrected chi connectivity index (χ0v) is 20.6. The molecule has 3 aromatic rings. The van der Waals surface area contributed by atoms with Crippen molar-refractivity contribution in [3.63, 3.8) is 0 Å². The Bertz CT molecular complexity index is 1160. The van der Waals surface area contributed by atoms with Gasteiger partial charge in [-0.05, 0) is 81.1 Å². The lowest BCUT2D eigenvalue weighted by atomic mass is 9.82. The van der Waals surface area contributed by atoms with E-state index in [4.69, 9.17) is 4.74 Å². The van der Waals surface area contributed by atoms with Crippen LogP contribution in [0.4, 0.5) is 18.2 Å². The van der Waals surface area contributed by atoms with E-state index >= 15 is 0 Å².